The summed E-state index contributed by atoms with van der Waals surface area (Å²) in [7, 11) is 0. The maximum absolute atomic E-state index is 5.65. The predicted octanol–water partition coefficient (Wildman–Crippen LogP) is 3.02. The molecule has 3 nitrogen and oxygen atoms in total. The van der Waals surface area contributed by atoms with Crippen molar-refractivity contribution in [3.63, 3.8) is 0 Å². The number of hydrogen-bond acceptors (Lipinski definition) is 2. The van der Waals surface area contributed by atoms with Crippen LogP contribution in [0, 0.1) is 0 Å². The molecule has 2 rings (SSSR count). The van der Waals surface area contributed by atoms with Crippen LogP contribution in [0.15, 0.2) is 34.9 Å². The molecule has 0 fully saturated rings. The molecular weight excluding hydrogens is 289 g/mol. The number of benzene rings is 1. The summed E-state index contributed by atoms with van der Waals surface area (Å²) in [5.74, 6) is 0.415. The molecular formula is C11H11BrClN3. The van der Waals surface area contributed by atoms with Gasteiger partial charge in [0.2, 0.25) is 0 Å². The molecule has 0 saturated carbocycles. The second-order valence-electron chi connectivity index (χ2n) is 3.48. The number of halogens is 2. The third-order valence-corrected chi connectivity index (χ3v) is 3.07. The van der Waals surface area contributed by atoms with E-state index in [9.17, 15) is 0 Å². The van der Waals surface area contributed by atoms with E-state index in [1.807, 2.05) is 23.0 Å². The van der Waals surface area contributed by atoms with Gasteiger partial charge in [-0.05, 0) is 24.1 Å². The molecule has 84 valence electrons. The Morgan fingerprint density at radius 2 is 2.00 bits per heavy atom. The van der Waals surface area contributed by atoms with Gasteiger partial charge in [-0.15, -0.1) is 16.7 Å². The summed E-state index contributed by atoms with van der Waals surface area (Å²) in [6.45, 7) is 0.825. The van der Waals surface area contributed by atoms with Crippen molar-refractivity contribution in [2.24, 2.45) is 0 Å². The van der Waals surface area contributed by atoms with Gasteiger partial charge in [-0.3, -0.25) is 4.68 Å². The fraction of sp³-hybridized carbons (Fsp3) is 0.273. The molecule has 2 aromatic rings. The van der Waals surface area contributed by atoms with Crippen molar-refractivity contribution >= 4 is 27.5 Å². The van der Waals surface area contributed by atoms with Crippen LogP contribution in [0.4, 0.5) is 0 Å². The minimum Gasteiger partial charge on any atom is -0.252 e. The van der Waals surface area contributed by atoms with E-state index >= 15 is 0 Å². The van der Waals surface area contributed by atoms with Crippen molar-refractivity contribution in [1.82, 2.24) is 15.0 Å². The van der Waals surface area contributed by atoms with Crippen LogP contribution in [0.1, 0.15) is 11.3 Å². The zero-order chi connectivity index (χ0) is 11.4. The molecule has 0 atom stereocenters. The average Bonchev–Trinajstić information content (AvgIpc) is 2.76. The Morgan fingerprint density at radius 1 is 1.25 bits per heavy atom. The highest BCUT2D eigenvalue weighted by Gasteiger charge is 1.99. The van der Waals surface area contributed by atoms with Crippen LogP contribution in [0.3, 0.4) is 0 Å². The van der Waals surface area contributed by atoms with Gasteiger partial charge in [0.15, 0.2) is 0 Å². The number of alkyl halides is 1. The number of aromatic nitrogens is 3. The fourth-order valence-corrected chi connectivity index (χ4v) is 1.79. The van der Waals surface area contributed by atoms with E-state index in [1.54, 1.807) is 0 Å². The first-order valence-corrected chi connectivity index (χ1v) is 6.30. The van der Waals surface area contributed by atoms with Gasteiger partial charge < -0.3 is 0 Å². The summed E-state index contributed by atoms with van der Waals surface area (Å²) in [6.07, 6.45) is 2.82. The lowest BCUT2D eigenvalue weighted by Gasteiger charge is -2.01. The Labute approximate surface area is 108 Å². The van der Waals surface area contributed by atoms with Crippen molar-refractivity contribution in [1.29, 1.82) is 0 Å². The maximum Gasteiger partial charge on any atom is 0.0974 e. The van der Waals surface area contributed by atoms with E-state index in [0.29, 0.717) is 5.88 Å². The van der Waals surface area contributed by atoms with E-state index < -0.39 is 0 Å². The zero-order valence-corrected chi connectivity index (χ0v) is 10.9. The second kappa shape index (κ2) is 5.46. The molecule has 1 aromatic heterocycles. The first-order valence-electron chi connectivity index (χ1n) is 4.97. The lowest BCUT2D eigenvalue weighted by atomic mass is 10.1. The summed E-state index contributed by atoms with van der Waals surface area (Å²) in [5.41, 5.74) is 2.10. The molecule has 0 unspecified atom stereocenters. The molecule has 0 radical (unpaired) electrons. The van der Waals surface area contributed by atoms with Crippen LogP contribution in [-0.2, 0) is 18.8 Å². The zero-order valence-electron chi connectivity index (χ0n) is 8.61. The Kier molecular flexibility index (Phi) is 3.96. The van der Waals surface area contributed by atoms with E-state index in [4.69, 9.17) is 11.6 Å². The summed E-state index contributed by atoms with van der Waals surface area (Å²) < 4.78 is 2.92. The monoisotopic (exact) mass is 299 g/mol. The smallest absolute Gasteiger partial charge is 0.0974 e. The van der Waals surface area contributed by atoms with Crippen LogP contribution in [0.5, 0.6) is 0 Å². The molecule has 0 saturated heterocycles. The van der Waals surface area contributed by atoms with Crippen LogP contribution in [0.25, 0.3) is 0 Å². The first kappa shape index (κ1) is 11.6. The standard InChI is InChI=1S/C11H11BrClN3/c12-10-3-1-9(2-4-10)5-6-16-8-11(7-13)14-15-16/h1-4,8H,5-7H2. The lowest BCUT2D eigenvalue weighted by molar-refractivity contribution is 0.589. The van der Waals surface area contributed by atoms with Gasteiger partial charge in [0.25, 0.3) is 0 Å². The molecule has 1 heterocycles. The predicted molar refractivity (Wildman–Crippen MR) is 67.4 cm³/mol. The molecule has 0 aliphatic heterocycles. The lowest BCUT2D eigenvalue weighted by Crippen LogP contribution is -2.01. The average molecular weight is 301 g/mol. The third kappa shape index (κ3) is 3.06. The van der Waals surface area contributed by atoms with E-state index in [1.165, 1.54) is 5.56 Å². The van der Waals surface area contributed by atoms with Gasteiger partial charge in [-0.25, -0.2) is 0 Å². The van der Waals surface area contributed by atoms with Gasteiger partial charge in [0, 0.05) is 17.2 Å². The Hall–Kier alpha value is -0.870. The van der Waals surface area contributed by atoms with Gasteiger partial charge >= 0.3 is 0 Å². The Balaban J connectivity index is 1.94. The highest BCUT2D eigenvalue weighted by atomic mass is 79.9. The highest BCUT2D eigenvalue weighted by Crippen LogP contribution is 2.11. The van der Waals surface area contributed by atoms with Crippen LogP contribution < -0.4 is 0 Å². The molecule has 5 heteroatoms. The molecule has 16 heavy (non-hydrogen) atoms. The molecule has 0 aliphatic rings. The summed E-state index contributed by atoms with van der Waals surface area (Å²) in [6, 6.07) is 8.29. The van der Waals surface area contributed by atoms with Crippen molar-refractivity contribution < 1.29 is 0 Å². The maximum atomic E-state index is 5.65. The number of aryl methyl sites for hydroxylation is 2. The Morgan fingerprint density at radius 3 is 2.62 bits per heavy atom. The topological polar surface area (TPSA) is 30.7 Å². The molecule has 0 bridgehead atoms. The number of hydrogen-bond donors (Lipinski definition) is 0. The summed E-state index contributed by atoms with van der Waals surface area (Å²) >= 11 is 9.07. The van der Waals surface area contributed by atoms with Crippen molar-refractivity contribution in [3.05, 3.63) is 46.2 Å². The summed E-state index contributed by atoms with van der Waals surface area (Å²) in [5, 5.41) is 7.93. The van der Waals surface area contributed by atoms with Gasteiger partial charge in [0.1, 0.15) is 0 Å². The minimum atomic E-state index is 0.415. The van der Waals surface area contributed by atoms with Crippen molar-refractivity contribution in [2.75, 3.05) is 0 Å². The van der Waals surface area contributed by atoms with Crippen LogP contribution in [0.2, 0.25) is 0 Å². The van der Waals surface area contributed by atoms with Gasteiger partial charge in [-0.1, -0.05) is 33.3 Å². The van der Waals surface area contributed by atoms with Crippen molar-refractivity contribution in [2.45, 2.75) is 18.8 Å². The second-order valence-corrected chi connectivity index (χ2v) is 4.67. The third-order valence-electron chi connectivity index (χ3n) is 2.27. The molecule has 0 N–H and O–H groups in total. The quantitative estimate of drug-likeness (QED) is 0.813. The molecule has 0 amide bonds. The van der Waals surface area contributed by atoms with Crippen LogP contribution >= 0.6 is 27.5 Å². The Bertz CT molecular complexity index is 453. The van der Waals surface area contributed by atoms with Crippen molar-refractivity contribution in [3.8, 4) is 0 Å². The molecule has 0 spiro atoms. The molecule has 1 aromatic carbocycles. The van der Waals surface area contributed by atoms with E-state index in [-0.39, 0.29) is 0 Å². The summed E-state index contributed by atoms with van der Waals surface area (Å²) in [4.78, 5) is 0. The fourth-order valence-electron chi connectivity index (χ4n) is 1.40. The molecule has 0 aliphatic carbocycles. The number of rotatable bonds is 4. The largest absolute Gasteiger partial charge is 0.252 e. The first-order chi connectivity index (χ1) is 7.78. The van der Waals surface area contributed by atoms with Crippen LogP contribution in [-0.4, -0.2) is 15.0 Å². The SMILES string of the molecule is ClCc1cn(CCc2ccc(Br)cc2)nn1. The minimum absolute atomic E-state index is 0.415. The van der Waals surface area contributed by atoms with E-state index in [2.05, 4.69) is 38.4 Å². The normalized spacial score (nSPS) is 10.6. The van der Waals surface area contributed by atoms with Gasteiger partial charge in [-0.2, -0.15) is 0 Å². The highest BCUT2D eigenvalue weighted by molar-refractivity contribution is 9.10. The van der Waals surface area contributed by atoms with Gasteiger partial charge in [0.05, 0.1) is 11.6 Å². The van der Waals surface area contributed by atoms with E-state index in [0.717, 1.165) is 23.1 Å². The number of nitrogens with zero attached hydrogens (tertiary/aromatic N) is 3.